The van der Waals surface area contributed by atoms with Crippen molar-refractivity contribution in [3.63, 3.8) is 0 Å². The molecule has 4 aromatic rings. The Bertz CT molecular complexity index is 1550. The Hall–Kier alpha value is -3.88. The number of nitrogens with zero attached hydrogens (tertiary/aromatic N) is 3. The molecule has 1 N–H and O–H groups in total. The number of para-hydroxylation sites is 1. The predicted octanol–water partition coefficient (Wildman–Crippen LogP) is 5.40. The first-order valence-corrected chi connectivity index (χ1v) is 13.4. The first-order chi connectivity index (χ1) is 17.7. The van der Waals surface area contributed by atoms with Crippen molar-refractivity contribution in [1.29, 1.82) is 0 Å². The number of sulfonamides is 1. The third-order valence-electron chi connectivity index (χ3n) is 5.92. The van der Waals surface area contributed by atoms with E-state index in [1.54, 1.807) is 49.5 Å². The van der Waals surface area contributed by atoms with Crippen molar-refractivity contribution >= 4 is 39.4 Å². The number of hydrogen-bond acceptors (Lipinski definition) is 4. The lowest BCUT2D eigenvalue weighted by atomic mass is 10.2. The highest BCUT2D eigenvalue weighted by atomic mass is 35.5. The molecule has 0 saturated heterocycles. The number of benzene rings is 3. The highest BCUT2D eigenvalue weighted by Gasteiger charge is 2.28. The number of amides is 1. The van der Waals surface area contributed by atoms with Crippen LogP contribution in [0.2, 0.25) is 5.02 Å². The second-order valence-corrected chi connectivity index (χ2v) is 10.8. The van der Waals surface area contributed by atoms with Gasteiger partial charge in [0.05, 0.1) is 16.8 Å². The molecule has 0 fully saturated rings. The molecule has 0 spiro atoms. The summed E-state index contributed by atoms with van der Waals surface area (Å²) >= 11 is 6.08. The van der Waals surface area contributed by atoms with Gasteiger partial charge in [-0.05, 0) is 74.9 Å². The van der Waals surface area contributed by atoms with E-state index in [0.29, 0.717) is 16.3 Å². The monoisotopic (exact) mass is 534 g/mol. The van der Waals surface area contributed by atoms with Crippen LogP contribution < -0.4 is 9.73 Å². The van der Waals surface area contributed by atoms with Crippen LogP contribution >= 0.6 is 11.6 Å². The van der Waals surface area contributed by atoms with Crippen LogP contribution in [0, 0.1) is 20.8 Å². The normalized spacial score (nSPS) is 11.6. The minimum Gasteiger partial charge on any atom is -0.318 e. The molecule has 7 nitrogen and oxygen atoms in total. The molecule has 0 saturated carbocycles. The summed E-state index contributed by atoms with van der Waals surface area (Å²) in [6.07, 6.45) is 1.56. The van der Waals surface area contributed by atoms with Crippen LogP contribution in [0.3, 0.4) is 0 Å². The number of carbonyl (C=O) groups excluding carboxylic acids is 1. The van der Waals surface area contributed by atoms with Crippen molar-refractivity contribution in [1.82, 2.24) is 9.99 Å². The van der Waals surface area contributed by atoms with Crippen molar-refractivity contribution in [3.05, 3.63) is 112 Å². The Labute approximate surface area is 222 Å². The summed E-state index contributed by atoms with van der Waals surface area (Å²) in [6.45, 7) is 5.25. The summed E-state index contributed by atoms with van der Waals surface area (Å²) in [4.78, 5) is 13.0. The fraction of sp³-hybridized carbons (Fsp3) is 0.143. The zero-order valence-corrected chi connectivity index (χ0v) is 22.3. The lowest BCUT2D eigenvalue weighted by Gasteiger charge is -2.25. The number of anilines is 1. The maximum Gasteiger partial charge on any atom is 0.264 e. The zero-order chi connectivity index (χ0) is 26.6. The van der Waals surface area contributed by atoms with Crippen LogP contribution in [0.5, 0.6) is 0 Å². The van der Waals surface area contributed by atoms with E-state index in [-0.39, 0.29) is 4.90 Å². The highest BCUT2D eigenvalue weighted by molar-refractivity contribution is 7.92. The van der Waals surface area contributed by atoms with Gasteiger partial charge in [-0.3, -0.25) is 9.10 Å². The second kappa shape index (κ2) is 11.0. The summed E-state index contributed by atoms with van der Waals surface area (Å²) in [7, 11) is -4.03. The summed E-state index contributed by atoms with van der Waals surface area (Å²) < 4.78 is 30.2. The topological polar surface area (TPSA) is 83.8 Å². The van der Waals surface area contributed by atoms with Crippen molar-refractivity contribution in [2.45, 2.75) is 25.7 Å². The number of hydrazone groups is 1. The van der Waals surface area contributed by atoms with Gasteiger partial charge in [-0.1, -0.05) is 48.0 Å². The number of aromatic nitrogens is 1. The number of hydrogen-bond donors (Lipinski definition) is 1. The van der Waals surface area contributed by atoms with E-state index in [1.165, 1.54) is 12.1 Å². The van der Waals surface area contributed by atoms with Crippen LogP contribution in [0.1, 0.15) is 22.5 Å². The van der Waals surface area contributed by atoms with Crippen molar-refractivity contribution < 1.29 is 13.2 Å². The Morgan fingerprint density at radius 2 is 1.62 bits per heavy atom. The van der Waals surface area contributed by atoms with Gasteiger partial charge in [0.2, 0.25) is 0 Å². The molecule has 0 atom stereocenters. The van der Waals surface area contributed by atoms with Crippen molar-refractivity contribution in [3.8, 4) is 5.69 Å². The van der Waals surface area contributed by atoms with E-state index in [9.17, 15) is 13.2 Å². The molecule has 0 unspecified atom stereocenters. The Balaban J connectivity index is 1.57. The van der Waals surface area contributed by atoms with Crippen LogP contribution in [0.25, 0.3) is 5.69 Å². The minimum atomic E-state index is -4.03. The molecule has 37 heavy (non-hydrogen) atoms. The fourth-order valence-electron chi connectivity index (χ4n) is 4.15. The summed E-state index contributed by atoms with van der Waals surface area (Å²) in [5.41, 5.74) is 7.31. The molecule has 0 aliphatic carbocycles. The molecule has 9 heteroatoms. The van der Waals surface area contributed by atoms with Crippen LogP contribution in [0.15, 0.2) is 94.9 Å². The van der Waals surface area contributed by atoms with E-state index in [0.717, 1.165) is 26.9 Å². The maximum atomic E-state index is 13.5. The van der Waals surface area contributed by atoms with Gasteiger partial charge in [0.25, 0.3) is 15.9 Å². The smallest absolute Gasteiger partial charge is 0.264 e. The SMILES string of the molecule is Cc1cc(Cl)ccc1N(CC(=O)N/N=C/c1cc(C)n(-c2ccccc2)c1C)S(=O)(=O)c1ccccc1. The molecule has 1 heterocycles. The first kappa shape index (κ1) is 26.2. The molecule has 1 aromatic heterocycles. The summed E-state index contributed by atoms with van der Waals surface area (Å²) in [5.74, 6) is -0.582. The second-order valence-electron chi connectivity index (χ2n) is 8.55. The minimum absolute atomic E-state index is 0.0778. The van der Waals surface area contributed by atoms with Crippen LogP contribution in [-0.2, 0) is 14.8 Å². The molecule has 190 valence electrons. The number of halogens is 1. The molecule has 0 aliphatic heterocycles. The molecule has 3 aromatic carbocycles. The van der Waals surface area contributed by atoms with Gasteiger partial charge in [-0.25, -0.2) is 13.8 Å². The Morgan fingerprint density at radius 1 is 0.973 bits per heavy atom. The van der Waals surface area contributed by atoms with Gasteiger partial charge in [-0.15, -0.1) is 0 Å². The predicted molar refractivity (Wildman–Crippen MR) is 148 cm³/mol. The van der Waals surface area contributed by atoms with Gasteiger partial charge in [0, 0.05) is 27.7 Å². The quantitative estimate of drug-likeness (QED) is 0.242. The third kappa shape index (κ3) is 5.76. The average Bonchev–Trinajstić information content (AvgIpc) is 3.16. The molecular formula is C28H27ClN4O3S. The zero-order valence-electron chi connectivity index (χ0n) is 20.7. The van der Waals surface area contributed by atoms with E-state index in [4.69, 9.17) is 11.6 Å². The van der Waals surface area contributed by atoms with Crippen LogP contribution in [-0.4, -0.2) is 31.7 Å². The lowest BCUT2D eigenvalue weighted by Crippen LogP contribution is -2.40. The number of rotatable bonds is 8. The van der Waals surface area contributed by atoms with Gasteiger partial charge in [0.15, 0.2) is 0 Å². The fourth-order valence-corrected chi connectivity index (χ4v) is 5.88. The molecule has 0 aliphatic rings. The standard InChI is InChI=1S/C28H27ClN4O3S/c1-20-16-24(29)14-15-27(20)32(37(35,36)26-12-8-5-9-13-26)19-28(34)31-30-18-23-17-21(2)33(22(23)3)25-10-6-4-7-11-25/h4-18H,19H2,1-3H3,(H,31,34)/b30-18+. The number of aryl methyl sites for hydroxylation is 2. The highest BCUT2D eigenvalue weighted by Crippen LogP contribution is 2.28. The average molecular weight is 535 g/mol. The summed E-state index contributed by atoms with van der Waals surface area (Å²) in [5, 5.41) is 4.58. The van der Waals surface area contributed by atoms with E-state index in [2.05, 4.69) is 15.1 Å². The molecular weight excluding hydrogens is 508 g/mol. The Morgan fingerprint density at radius 3 is 2.27 bits per heavy atom. The Kier molecular flexibility index (Phi) is 7.80. The molecule has 4 rings (SSSR count). The van der Waals surface area contributed by atoms with Gasteiger partial charge in [0.1, 0.15) is 6.54 Å². The van der Waals surface area contributed by atoms with Crippen molar-refractivity contribution in [2.75, 3.05) is 10.8 Å². The lowest BCUT2D eigenvalue weighted by molar-refractivity contribution is -0.119. The van der Waals surface area contributed by atoms with Crippen molar-refractivity contribution in [2.24, 2.45) is 5.10 Å². The summed E-state index contributed by atoms with van der Waals surface area (Å²) in [6, 6.07) is 24.7. The van der Waals surface area contributed by atoms with Gasteiger partial charge >= 0.3 is 0 Å². The maximum absolute atomic E-state index is 13.5. The van der Waals surface area contributed by atoms with Gasteiger partial charge < -0.3 is 4.57 Å². The largest absolute Gasteiger partial charge is 0.318 e. The van der Waals surface area contributed by atoms with E-state index < -0.39 is 22.5 Å². The molecule has 0 radical (unpaired) electrons. The van der Waals surface area contributed by atoms with E-state index >= 15 is 0 Å². The van der Waals surface area contributed by atoms with E-state index in [1.807, 2.05) is 50.2 Å². The number of carbonyl (C=O) groups is 1. The van der Waals surface area contributed by atoms with Gasteiger partial charge in [-0.2, -0.15) is 5.10 Å². The molecule has 0 bridgehead atoms. The third-order valence-corrected chi connectivity index (χ3v) is 7.93. The van der Waals surface area contributed by atoms with Crippen LogP contribution in [0.4, 0.5) is 5.69 Å². The molecule has 1 amide bonds. The number of nitrogens with one attached hydrogen (secondary N) is 1. The first-order valence-electron chi connectivity index (χ1n) is 11.6.